The number of rotatable bonds is 7. The van der Waals surface area contributed by atoms with Crippen LogP contribution in [0, 0.1) is 11.8 Å². The third-order valence-electron chi connectivity index (χ3n) is 5.56. The van der Waals surface area contributed by atoms with Gasteiger partial charge in [-0.25, -0.2) is 14.5 Å². The van der Waals surface area contributed by atoms with Crippen molar-refractivity contribution in [3.05, 3.63) is 48.0 Å². The molecule has 1 aromatic carbocycles. The molecule has 0 spiro atoms. The second-order valence-corrected chi connectivity index (χ2v) is 8.35. The number of hydrogen-bond donors (Lipinski definition) is 2. The summed E-state index contributed by atoms with van der Waals surface area (Å²) in [4.78, 5) is 54.6. The Morgan fingerprint density at radius 3 is 2.73 bits per heavy atom. The molecule has 2 N–H and O–H groups in total. The van der Waals surface area contributed by atoms with E-state index in [9.17, 15) is 19.2 Å². The summed E-state index contributed by atoms with van der Waals surface area (Å²) in [6.07, 6.45) is 1.24. The van der Waals surface area contributed by atoms with E-state index >= 15 is 0 Å². The predicted molar refractivity (Wildman–Crippen MR) is 118 cm³/mol. The highest BCUT2D eigenvalue weighted by atomic mass is 16.5. The van der Waals surface area contributed by atoms with Crippen LogP contribution in [0.5, 0.6) is 0 Å². The molecule has 0 saturated carbocycles. The van der Waals surface area contributed by atoms with E-state index < -0.39 is 29.7 Å². The fraction of sp³-hybridized carbons (Fsp3) is 0.478. The summed E-state index contributed by atoms with van der Waals surface area (Å²) in [5.41, 5.74) is 0.825. The number of Topliss-reactive ketones (excluding diaryl/α,β-unsaturated/α-hetero) is 2. The lowest BCUT2D eigenvalue weighted by Crippen LogP contribution is -2.46. The average molecular weight is 456 g/mol. The number of nitrogens with zero attached hydrogens (tertiary/aromatic N) is 3. The molecule has 0 saturated heterocycles. The van der Waals surface area contributed by atoms with Gasteiger partial charge in [0.25, 0.3) is 5.91 Å². The minimum absolute atomic E-state index is 0.0770. The fourth-order valence-electron chi connectivity index (χ4n) is 3.73. The molecule has 33 heavy (non-hydrogen) atoms. The van der Waals surface area contributed by atoms with Gasteiger partial charge in [0.05, 0.1) is 12.6 Å². The Balaban J connectivity index is 1.64. The van der Waals surface area contributed by atoms with Gasteiger partial charge >= 0.3 is 6.09 Å². The van der Waals surface area contributed by atoms with E-state index in [2.05, 4.69) is 20.7 Å². The van der Waals surface area contributed by atoms with Crippen molar-refractivity contribution in [1.29, 1.82) is 0 Å². The minimum atomic E-state index is -0.844. The topological polar surface area (TPSA) is 132 Å². The number of hydrogen-bond acceptors (Lipinski definition) is 7. The maximum absolute atomic E-state index is 13.1. The largest absolute Gasteiger partial charge is 0.445 e. The Kier molecular flexibility index (Phi) is 8.28. The summed E-state index contributed by atoms with van der Waals surface area (Å²) in [6.45, 7) is 4.33. The second-order valence-electron chi connectivity index (χ2n) is 8.35. The number of nitrogens with one attached hydrogen (secondary N) is 2. The first-order chi connectivity index (χ1) is 15.8. The lowest BCUT2D eigenvalue weighted by atomic mass is 9.87. The molecule has 2 heterocycles. The lowest BCUT2D eigenvalue weighted by molar-refractivity contribution is -0.141. The molecule has 3 rings (SSSR count). The van der Waals surface area contributed by atoms with E-state index in [0.29, 0.717) is 18.8 Å². The summed E-state index contributed by atoms with van der Waals surface area (Å²) >= 11 is 0. The molecule has 0 bridgehead atoms. The Hall–Kier alpha value is -3.56. The number of alkyl carbamates (subject to hydrolysis) is 1. The van der Waals surface area contributed by atoms with Gasteiger partial charge in [0.2, 0.25) is 5.78 Å². The highest BCUT2D eigenvalue weighted by Crippen LogP contribution is 2.18. The number of carbonyl (C=O) groups excluding carboxylic acids is 4. The zero-order valence-electron chi connectivity index (χ0n) is 18.8. The normalized spacial score (nSPS) is 17.6. The number of aromatic nitrogens is 3. The summed E-state index contributed by atoms with van der Waals surface area (Å²) in [7, 11) is 0. The fourth-order valence-corrected chi connectivity index (χ4v) is 3.73. The molecule has 0 fully saturated rings. The summed E-state index contributed by atoms with van der Waals surface area (Å²) in [5, 5.41) is 9.31. The summed E-state index contributed by atoms with van der Waals surface area (Å²) in [6, 6.07) is 8.35. The Morgan fingerprint density at radius 2 is 2.00 bits per heavy atom. The van der Waals surface area contributed by atoms with Crippen LogP contribution in [0.25, 0.3) is 0 Å². The van der Waals surface area contributed by atoms with Crippen molar-refractivity contribution in [2.75, 3.05) is 6.54 Å². The van der Waals surface area contributed by atoms with E-state index in [1.54, 1.807) is 18.5 Å². The number of fused-ring (bicyclic) bond motifs is 1. The first-order valence-corrected chi connectivity index (χ1v) is 11.0. The van der Waals surface area contributed by atoms with Gasteiger partial charge < -0.3 is 15.4 Å². The summed E-state index contributed by atoms with van der Waals surface area (Å²) in [5.74, 6) is -2.03. The van der Waals surface area contributed by atoms with Gasteiger partial charge in [0.15, 0.2) is 5.78 Å². The maximum Gasteiger partial charge on any atom is 0.408 e. The molecule has 2 unspecified atom stereocenters. The minimum Gasteiger partial charge on any atom is -0.445 e. The van der Waals surface area contributed by atoms with Crippen LogP contribution in [0.4, 0.5) is 4.79 Å². The third-order valence-corrected chi connectivity index (χ3v) is 5.56. The molecule has 10 heteroatoms. The van der Waals surface area contributed by atoms with Gasteiger partial charge in [0, 0.05) is 25.3 Å². The van der Waals surface area contributed by atoms with Gasteiger partial charge in [-0.3, -0.25) is 14.4 Å². The molecule has 0 aliphatic carbocycles. The van der Waals surface area contributed by atoms with Crippen LogP contribution >= 0.6 is 0 Å². The highest BCUT2D eigenvalue weighted by Gasteiger charge is 2.33. The van der Waals surface area contributed by atoms with E-state index in [1.165, 1.54) is 6.33 Å². The molecule has 1 aliphatic heterocycles. The van der Waals surface area contributed by atoms with Crippen LogP contribution < -0.4 is 10.6 Å². The van der Waals surface area contributed by atoms with Gasteiger partial charge in [-0.2, -0.15) is 5.10 Å². The van der Waals surface area contributed by atoms with Crippen molar-refractivity contribution >= 4 is 23.6 Å². The number of ether oxygens (including phenoxy) is 1. The van der Waals surface area contributed by atoms with E-state index in [1.807, 2.05) is 30.3 Å². The first-order valence-electron chi connectivity index (χ1n) is 11.0. The lowest BCUT2D eigenvalue weighted by Gasteiger charge is -2.23. The zero-order chi connectivity index (χ0) is 23.8. The smallest absolute Gasteiger partial charge is 0.408 e. The Labute approximate surface area is 192 Å². The summed E-state index contributed by atoms with van der Waals surface area (Å²) < 4.78 is 6.91. The Morgan fingerprint density at radius 1 is 1.24 bits per heavy atom. The van der Waals surface area contributed by atoms with E-state index in [4.69, 9.17) is 4.74 Å². The molecule has 2 aromatic rings. The third kappa shape index (κ3) is 6.71. The highest BCUT2D eigenvalue weighted by molar-refractivity contribution is 6.37. The van der Waals surface area contributed by atoms with Gasteiger partial charge in [0.1, 0.15) is 18.8 Å². The van der Waals surface area contributed by atoms with Crippen LogP contribution in [0.2, 0.25) is 0 Å². The van der Waals surface area contributed by atoms with Crippen molar-refractivity contribution in [2.24, 2.45) is 11.8 Å². The van der Waals surface area contributed by atoms with Crippen molar-refractivity contribution in [1.82, 2.24) is 25.4 Å². The first kappa shape index (κ1) is 24.1. The molecule has 1 aromatic heterocycles. The zero-order valence-corrected chi connectivity index (χ0v) is 18.8. The van der Waals surface area contributed by atoms with Crippen LogP contribution in [0.3, 0.4) is 0 Å². The van der Waals surface area contributed by atoms with E-state index in [0.717, 1.165) is 5.56 Å². The molecule has 10 nitrogen and oxygen atoms in total. The average Bonchev–Trinajstić information content (AvgIpc) is 3.25. The molecular formula is C23H29N5O5. The second kappa shape index (κ2) is 11.3. The number of carbonyl (C=O) groups is 4. The molecule has 2 atom stereocenters. The van der Waals surface area contributed by atoms with Crippen molar-refractivity contribution in [3.63, 3.8) is 0 Å². The number of ketones is 2. The quantitative estimate of drug-likeness (QED) is 0.604. The van der Waals surface area contributed by atoms with Crippen molar-refractivity contribution in [3.8, 4) is 0 Å². The predicted octanol–water partition coefficient (Wildman–Crippen LogP) is 1.44. The van der Waals surface area contributed by atoms with Gasteiger partial charge in [-0.1, -0.05) is 44.2 Å². The van der Waals surface area contributed by atoms with Gasteiger partial charge in [-0.15, -0.1) is 0 Å². The van der Waals surface area contributed by atoms with Crippen LogP contribution in [-0.4, -0.2) is 50.9 Å². The molecule has 0 radical (unpaired) electrons. The molecule has 1 aliphatic rings. The molecule has 2 amide bonds. The number of aryl methyl sites for hydroxylation is 1. The number of benzene rings is 1. The molecular weight excluding hydrogens is 426 g/mol. The van der Waals surface area contributed by atoms with Crippen molar-refractivity contribution in [2.45, 2.75) is 52.3 Å². The SMILES string of the molecule is CC(C)C(NC(=O)OCc1ccccc1)C(=O)CC1CCc2ncnn2CCNC(=O)C1=O. The number of amides is 2. The van der Waals surface area contributed by atoms with E-state index in [-0.39, 0.29) is 37.7 Å². The van der Waals surface area contributed by atoms with Crippen molar-refractivity contribution < 1.29 is 23.9 Å². The van der Waals surface area contributed by atoms with Crippen LogP contribution in [0.1, 0.15) is 38.1 Å². The Bertz CT molecular complexity index is 988. The van der Waals surface area contributed by atoms with Crippen LogP contribution in [0.15, 0.2) is 36.7 Å². The maximum atomic E-state index is 13.1. The van der Waals surface area contributed by atoms with Gasteiger partial charge in [-0.05, 0) is 17.9 Å². The monoisotopic (exact) mass is 455 g/mol. The molecule has 176 valence electrons. The van der Waals surface area contributed by atoms with Crippen LogP contribution in [-0.2, 0) is 38.7 Å². The standard InChI is InChI=1S/C23H29N5O5/c1-15(2)20(27-23(32)33-13-16-6-4-3-5-7-16)18(29)12-17-8-9-19-25-14-26-28(19)11-10-24-22(31)21(17)30/h3-7,14-15,17,20H,8-13H2,1-2H3,(H,24,31)(H,27,32).